The van der Waals surface area contributed by atoms with Crippen molar-refractivity contribution < 1.29 is 0 Å². The van der Waals surface area contributed by atoms with Crippen LogP contribution in [-0.4, -0.2) is 11.3 Å². The van der Waals surface area contributed by atoms with Crippen LogP contribution in [0.25, 0.3) is 0 Å². The monoisotopic (exact) mass is 189 g/mol. The highest BCUT2D eigenvalue weighted by atomic mass is 14.8. The molecule has 0 bridgehead atoms. The van der Waals surface area contributed by atoms with Crippen LogP contribution in [0.1, 0.15) is 38.8 Å². The van der Waals surface area contributed by atoms with Gasteiger partial charge in [-0.1, -0.05) is 29.8 Å². The van der Waals surface area contributed by atoms with E-state index in [0.717, 1.165) is 5.71 Å². The van der Waals surface area contributed by atoms with Gasteiger partial charge in [-0.25, -0.2) is 0 Å². The molecule has 0 radical (unpaired) electrons. The highest BCUT2D eigenvalue weighted by Crippen LogP contribution is 2.11. The Morgan fingerprint density at radius 2 is 1.57 bits per heavy atom. The van der Waals surface area contributed by atoms with Crippen LogP contribution < -0.4 is 0 Å². The zero-order valence-electron chi connectivity index (χ0n) is 9.76. The molecular weight excluding hydrogens is 170 g/mol. The topological polar surface area (TPSA) is 12.4 Å². The molecule has 0 amide bonds. The summed E-state index contributed by atoms with van der Waals surface area (Å²) in [5, 5.41) is 0. The standard InChI is InChI=1S/C13H19N/c1-10-6-8-12(9-7-10)11(2)14-13(3,4)5/h6-9H,1-5H3. The highest BCUT2D eigenvalue weighted by molar-refractivity contribution is 5.98. The molecule has 76 valence electrons. The summed E-state index contributed by atoms with van der Waals surface area (Å²) in [6.07, 6.45) is 0. The second-order valence-electron chi connectivity index (χ2n) is 4.73. The summed E-state index contributed by atoms with van der Waals surface area (Å²) < 4.78 is 0. The molecule has 1 aromatic rings. The largest absolute Gasteiger partial charge is 0.284 e. The molecule has 0 heterocycles. The highest BCUT2D eigenvalue weighted by Gasteiger charge is 2.08. The molecule has 0 aliphatic heterocycles. The predicted molar refractivity (Wildman–Crippen MR) is 63.1 cm³/mol. The lowest BCUT2D eigenvalue weighted by Gasteiger charge is -2.14. The van der Waals surface area contributed by atoms with E-state index in [2.05, 4.69) is 63.9 Å². The van der Waals surface area contributed by atoms with Gasteiger partial charge in [-0.15, -0.1) is 0 Å². The Morgan fingerprint density at radius 1 is 1.07 bits per heavy atom. The fraction of sp³-hybridized carbons (Fsp3) is 0.462. The van der Waals surface area contributed by atoms with E-state index in [1.54, 1.807) is 0 Å². The van der Waals surface area contributed by atoms with E-state index in [4.69, 9.17) is 0 Å². The van der Waals surface area contributed by atoms with Gasteiger partial charge in [0.2, 0.25) is 0 Å². The van der Waals surface area contributed by atoms with Gasteiger partial charge in [0.15, 0.2) is 0 Å². The van der Waals surface area contributed by atoms with E-state index < -0.39 is 0 Å². The van der Waals surface area contributed by atoms with Crippen molar-refractivity contribution in [2.24, 2.45) is 4.99 Å². The van der Waals surface area contributed by atoms with Gasteiger partial charge in [0.1, 0.15) is 0 Å². The van der Waals surface area contributed by atoms with Crippen molar-refractivity contribution in [1.29, 1.82) is 0 Å². The van der Waals surface area contributed by atoms with Crippen LogP contribution in [0, 0.1) is 6.92 Å². The van der Waals surface area contributed by atoms with Crippen LogP contribution in [-0.2, 0) is 0 Å². The number of aliphatic imine (C=N–C) groups is 1. The number of rotatable bonds is 1. The van der Waals surface area contributed by atoms with Gasteiger partial charge >= 0.3 is 0 Å². The first-order valence-corrected chi connectivity index (χ1v) is 5.02. The molecule has 0 N–H and O–H groups in total. The molecule has 0 saturated carbocycles. The normalized spacial score (nSPS) is 13.1. The van der Waals surface area contributed by atoms with E-state index in [-0.39, 0.29) is 5.54 Å². The number of nitrogens with zero attached hydrogens (tertiary/aromatic N) is 1. The molecule has 1 heteroatoms. The molecule has 14 heavy (non-hydrogen) atoms. The number of aryl methyl sites for hydroxylation is 1. The van der Waals surface area contributed by atoms with Gasteiger partial charge in [-0.05, 0) is 40.2 Å². The zero-order chi connectivity index (χ0) is 10.8. The summed E-state index contributed by atoms with van der Waals surface area (Å²) in [6.45, 7) is 10.5. The summed E-state index contributed by atoms with van der Waals surface area (Å²) in [4.78, 5) is 4.63. The summed E-state index contributed by atoms with van der Waals surface area (Å²) in [6, 6.07) is 8.49. The van der Waals surface area contributed by atoms with Gasteiger partial charge in [0, 0.05) is 5.71 Å². The third kappa shape index (κ3) is 3.33. The second kappa shape index (κ2) is 3.95. The van der Waals surface area contributed by atoms with Gasteiger partial charge in [0.25, 0.3) is 0 Å². The fourth-order valence-corrected chi connectivity index (χ4v) is 1.36. The third-order valence-electron chi connectivity index (χ3n) is 1.97. The molecule has 0 unspecified atom stereocenters. The minimum atomic E-state index is 0.00890. The smallest absolute Gasteiger partial charge is 0.0527 e. The molecule has 0 spiro atoms. The molecule has 0 aliphatic rings. The maximum absolute atomic E-state index is 4.63. The van der Waals surface area contributed by atoms with Crippen LogP contribution in [0.5, 0.6) is 0 Å². The van der Waals surface area contributed by atoms with E-state index in [1.165, 1.54) is 11.1 Å². The van der Waals surface area contributed by atoms with Gasteiger partial charge in [-0.3, -0.25) is 4.99 Å². The minimum Gasteiger partial charge on any atom is -0.284 e. The Morgan fingerprint density at radius 3 is 2.00 bits per heavy atom. The van der Waals surface area contributed by atoms with Crippen LogP contribution in [0.2, 0.25) is 0 Å². The summed E-state index contributed by atoms with van der Waals surface area (Å²) in [7, 11) is 0. The van der Waals surface area contributed by atoms with Crippen molar-refractivity contribution in [1.82, 2.24) is 0 Å². The van der Waals surface area contributed by atoms with Crippen molar-refractivity contribution in [3.05, 3.63) is 35.4 Å². The first-order chi connectivity index (χ1) is 6.38. The van der Waals surface area contributed by atoms with Crippen LogP contribution in [0.4, 0.5) is 0 Å². The Labute approximate surface area is 86.9 Å². The Kier molecular flexibility index (Phi) is 3.10. The molecule has 1 rings (SSSR count). The third-order valence-corrected chi connectivity index (χ3v) is 1.97. The van der Waals surface area contributed by atoms with Crippen LogP contribution in [0.3, 0.4) is 0 Å². The van der Waals surface area contributed by atoms with E-state index in [9.17, 15) is 0 Å². The SMILES string of the molecule is CC(=NC(C)(C)C)c1ccc(C)cc1. The molecule has 0 aliphatic carbocycles. The van der Waals surface area contributed by atoms with Crippen molar-refractivity contribution in [2.45, 2.75) is 40.2 Å². The lowest BCUT2D eigenvalue weighted by Crippen LogP contribution is -2.13. The molecule has 0 atom stereocenters. The predicted octanol–water partition coefficient (Wildman–Crippen LogP) is 3.60. The first kappa shape index (κ1) is 11.0. The summed E-state index contributed by atoms with van der Waals surface area (Å²) in [5.41, 5.74) is 3.62. The van der Waals surface area contributed by atoms with Crippen molar-refractivity contribution in [3.8, 4) is 0 Å². The molecule has 0 aromatic heterocycles. The lowest BCUT2D eigenvalue weighted by atomic mass is 10.1. The van der Waals surface area contributed by atoms with Gasteiger partial charge < -0.3 is 0 Å². The lowest BCUT2D eigenvalue weighted by molar-refractivity contribution is 0.584. The quantitative estimate of drug-likeness (QED) is 0.598. The minimum absolute atomic E-state index is 0.00890. The van der Waals surface area contributed by atoms with Crippen molar-refractivity contribution >= 4 is 5.71 Å². The van der Waals surface area contributed by atoms with E-state index in [1.807, 2.05) is 0 Å². The van der Waals surface area contributed by atoms with Crippen molar-refractivity contribution in [3.63, 3.8) is 0 Å². The maximum Gasteiger partial charge on any atom is 0.0527 e. The summed E-state index contributed by atoms with van der Waals surface area (Å²) >= 11 is 0. The number of benzene rings is 1. The van der Waals surface area contributed by atoms with E-state index in [0.29, 0.717) is 0 Å². The average molecular weight is 189 g/mol. The maximum atomic E-state index is 4.63. The van der Waals surface area contributed by atoms with Crippen molar-refractivity contribution in [2.75, 3.05) is 0 Å². The van der Waals surface area contributed by atoms with E-state index >= 15 is 0 Å². The molecule has 0 fully saturated rings. The summed E-state index contributed by atoms with van der Waals surface area (Å²) in [5.74, 6) is 0. The zero-order valence-corrected chi connectivity index (χ0v) is 9.76. The van der Waals surface area contributed by atoms with Crippen LogP contribution in [0.15, 0.2) is 29.3 Å². The molecule has 0 saturated heterocycles. The first-order valence-electron chi connectivity index (χ1n) is 5.02. The Bertz CT molecular complexity index is 325. The average Bonchev–Trinajstić information content (AvgIpc) is 2.02. The molecule has 1 nitrogen and oxygen atoms in total. The Hall–Kier alpha value is -1.11. The Balaban J connectivity index is 2.95. The fourth-order valence-electron chi connectivity index (χ4n) is 1.36. The second-order valence-corrected chi connectivity index (χ2v) is 4.73. The van der Waals surface area contributed by atoms with Gasteiger partial charge in [0.05, 0.1) is 5.54 Å². The van der Waals surface area contributed by atoms with Gasteiger partial charge in [-0.2, -0.15) is 0 Å². The molecule has 1 aromatic carbocycles. The number of hydrogen-bond donors (Lipinski definition) is 0. The molecular formula is C13H19N. The number of hydrogen-bond acceptors (Lipinski definition) is 1. The van der Waals surface area contributed by atoms with Crippen LogP contribution >= 0.6 is 0 Å².